The number of aromatic nitrogens is 3. The van der Waals surface area contributed by atoms with Gasteiger partial charge >= 0.3 is 6.18 Å². The minimum atomic E-state index is -4.39. The highest BCUT2D eigenvalue weighted by molar-refractivity contribution is 6.10. The molecule has 1 fully saturated rings. The second-order valence-electron chi connectivity index (χ2n) is 9.95. The van der Waals surface area contributed by atoms with Gasteiger partial charge in [0, 0.05) is 18.2 Å². The summed E-state index contributed by atoms with van der Waals surface area (Å²) in [6.45, 7) is 1.47. The molecular formula is C28H27F4N5O3. The molecule has 2 heterocycles. The number of hydrogen-bond donors (Lipinski definition) is 2. The fourth-order valence-electron chi connectivity index (χ4n) is 4.61. The zero-order valence-corrected chi connectivity index (χ0v) is 21.8. The van der Waals surface area contributed by atoms with Crippen molar-refractivity contribution in [2.45, 2.75) is 44.8 Å². The van der Waals surface area contributed by atoms with Crippen LogP contribution >= 0.6 is 0 Å². The van der Waals surface area contributed by atoms with Crippen LogP contribution in [-0.4, -0.2) is 52.2 Å². The number of carbonyl (C=O) groups is 2. The van der Waals surface area contributed by atoms with Gasteiger partial charge in [-0.2, -0.15) is 18.3 Å². The van der Waals surface area contributed by atoms with Crippen molar-refractivity contribution in [1.82, 2.24) is 19.9 Å². The number of ketones is 1. The van der Waals surface area contributed by atoms with E-state index in [1.807, 2.05) is 6.92 Å². The van der Waals surface area contributed by atoms with Crippen LogP contribution < -0.4 is 15.4 Å². The van der Waals surface area contributed by atoms with E-state index in [0.29, 0.717) is 17.7 Å². The lowest BCUT2D eigenvalue weighted by atomic mass is 9.87. The van der Waals surface area contributed by atoms with Gasteiger partial charge in [-0.25, -0.2) is 13.9 Å². The van der Waals surface area contributed by atoms with Gasteiger partial charge in [-0.05, 0) is 55.0 Å². The lowest BCUT2D eigenvalue weighted by molar-refractivity contribution is -0.131. The maximum Gasteiger partial charge on any atom is 0.390 e. The molecule has 0 bridgehead atoms. The smallest absolute Gasteiger partial charge is 0.390 e. The molecule has 210 valence electrons. The summed E-state index contributed by atoms with van der Waals surface area (Å²) in [6.07, 6.45) is 2.00. The van der Waals surface area contributed by atoms with E-state index in [2.05, 4.69) is 20.7 Å². The Kier molecular flexibility index (Phi) is 7.35. The number of carbonyl (C=O) groups excluding carboxylic acids is 2. The molecule has 0 spiro atoms. The van der Waals surface area contributed by atoms with Crippen LogP contribution in [0.2, 0.25) is 0 Å². The summed E-state index contributed by atoms with van der Waals surface area (Å²) in [5.74, 6) is -1.44. The van der Waals surface area contributed by atoms with Crippen molar-refractivity contribution >= 4 is 28.6 Å². The summed E-state index contributed by atoms with van der Waals surface area (Å²) in [7, 11) is 1.34. The van der Waals surface area contributed by atoms with Crippen molar-refractivity contribution in [3.8, 4) is 5.75 Å². The summed E-state index contributed by atoms with van der Waals surface area (Å²) < 4.78 is 59.2. The van der Waals surface area contributed by atoms with Crippen LogP contribution in [0.15, 0.2) is 48.2 Å². The number of rotatable bonds is 9. The predicted molar refractivity (Wildman–Crippen MR) is 140 cm³/mol. The molecule has 8 nitrogen and oxygen atoms in total. The molecular weight excluding hydrogens is 530 g/mol. The normalized spacial score (nSPS) is 17.3. The first-order valence-corrected chi connectivity index (χ1v) is 12.8. The molecule has 12 heteroatoms. The molecule has 40 heavy (non-hydrogen) atoms. The largest absolute Gasteiger partial charge is 0.496 e. The van der Waals surface area contributed by atoms with Gasteiger partial charge in [-0.15, -0.1) is 0 Å². The highest BCUT2D eigenvalue weighted by Gasteiger charge is 2.30. The van der Waals surface area contributed by atoms with E-state index in [4.69, 9.17) is 4.74 Å². The number of alkyl halides is 3. The zero-order chi connectivity index (χ0) is 28.6. The van der Waals surface area contributed by atoms with E-state index in [0.717, 1.165) is 30.5 Å². The van der Waals surface area contributed by atoms with E-state index in [1.165, 1.54) is 30.0 Å². The van der Waals surface area contributed by atoms with Gasteiger partial charge in [0.1, 0.15) is 17.3 Å². The van der Waals surface area contributed by atoms with Gasteiger partial charge < -0.3 is 15.4 Å². The Labute approximate surface area is 227 Å². The summed E-state index contributed by atoms with van der Waals surface area (Å²) in [5.41, 5.74) is 2.10. The number of allylic oxidation sites excluding steroid dienone is 3. The number of nitrogens with one attached hydrogen (secondary N) is 2. The van der Waals surface area contributed by atoms with Gasteiger partial charge in [0.05, 0.1) is 36.7 Å². The predicted octanol–water partition coefficient (Wildman–Crippen LogP) is 5.10. The number of methoxy groups -OCH3 is 1. The van der Waals surface area contributed by atoms with Crippen molar-refractivity contribution < 1.29 is 31.9 Å². The number of hydrogen-bond acceptors (Lipinski definition) is 6. The number of benzene rings is 1. The molecule has 2 aromatic heterocycles. The molecule has 1 aromatic carbocycles. The second kappa shape index (κ2) is 10.7. The Morgan fingerprint density at radius 2 is 1.95 bits per heavy atom. The van der Waals surface area contributed by atoms with Crippen LogP contribution in [0.1, 0.15) is 54.4 Å². The first kappa shape index (κ1) is 27.4. The number of fused-ring (bicyclic) bond motifs is 1. The Bertz CT molecular complexity index is 1540. The van der Waals surface area contributed by atoms with Crippen LogP contribution in [0.4, 0.5) is 23.2 Å². The number of amides is 1. The molecule has 0 radical (unpaired) electrons. The standard InChI is InChI=1S/C28H27F4N5O3/c1-15-11-16(3-7-19(15)27(39)35-18-5-6-18)23-14-34-26-22(33-10-9-28(30,31)32)13-21(36-37(23)26)25(38)20-12-17(29)4-8-24(20)40-2/h3-4,7-8,12-15,18,33H,5-6,9-11H2,1-2H3,(H,35,39). The number of halogens is 4. The Morgan fingerprint density at radius 3 is 2.62 bits per heavy atom. The fraction of sp³-hybridized carbons (Fsp3) is 0.357. The zero-order valence-electron chi connectivity index (χ0n) is 21.8. The third kappa shape index (κ3) is 5.85. The third-order valence-electron chi connectivity index (χ3n) is 6.86. The number of nitrogens with zero attached hydrogens (tertiary/aromatic N) is 3. The molecule has 2 aliphatic rings. The number of anilines is 1. The van der Waals surface area contributed by atoms with E-state index in [9.17, 15) is 27.2 Å². The molecule has 0 saturated heterocycles. The van der Waals surface area contributed by atoms with Crippen molar-refractivity contribution in [2.24, 2.45) is 5.92 Å². The summed E-state index contributed by atoms with van der Waals surface area (Å²) in [5, 5.41) is 10.2. The molecule has 1 unspecified atom stereocenters. The van der Waals surface area contributed by atoms with Crippen LogP contribution in [-0.2, 0) is 4.79 Å². The van der Waals surface area contributed by atoms with Crippen molar-refractivity contribution in [2.75, 3.05) is 19.0 Å². The Hall–Kier alpha value is -4.22. The summed E-state index contributed by atoms with van der Waals surface area (Å²) >= 11 is 0. The number of ether oxygens (including phenoxy) is 1. The van der Waals surface area contributed by atoms with Crippen LogP contribution in [0.3, 0.4) is 0 Å². The molecule has 5 rings (SSSR count). The fourth-order valence-corrected chi connectivity index (χ4v) is 4.61. The van der Waals surface area contributed by atoms with Gasteiger partial charge in [0.2, 0.25) is 11.7 Å². The van der Waals surface area contributed by atoms with E-state index in [1.54, 1.807) is 12.2 Å². The SMILES string of the molecule is COc1ccc(F)cc1C(=O)c1cc(NCCC(F)(F)F)c2ncc(C3=CC=C(C(=O)NC4CC4)C(C)C3)n2n1. The van der Waals surface area contributed by atoms with Gasteiger partial charge in [-0.1, -0.05) is 19.1 Å². The van der Waals surface area contributed by atoms with Gasteiger partial charge in [0.15, 0.2) is 5.65 Å². The minimum absolute atomic E-state index is 0.0861. The van der Waals surface area contributed by atoms with Gasteiger partial charge in [0.25, 0.3) is 0 Å². The number of imidazole rings is 1. The minimum Gasteiger partial charge on any atom is -0.496 e. The first-order chi connectivity index (χ1) is 19.0. The van der Waals surface area contributed by atoms with Crippen molar-refractivity contribution in [1.29, 1.82) is 0 Å². The topological polar surface area (TPSA) is 97.6 Å². The molecule has 1 atom stereocenters. The second-order valence-corrected chi connectivity index (χ2v) is 9.95. The third-order valence-corrected chi connectivity index (χ3v) is 6.86. The van der Waals surface area contributed by atoms with Crippen LogP contribution in [0, 0.1) is 11.7 Å². The Morgan fingerprint density at radius 1 is 1.18 bits per heavy atom. The quantitative estimate of drug-likeness (QED) is 0.281. The van der Waals surface area contributed by atoms with Crippen molar-refractivity contribution in [3.05, 3.63) is 71.0 Å². The van der Waals surface area contributed by atoms with E-state index < -0.39 is 30.7 Å². The monoisotopic (exact) mass is 557 g/mol. The van der Waals surface area contributed by atoms with Crippen LogP contribution in [0.25, 0.3) is 11.2 Å². The van der Waals surface area contributed by atoms with Crippen molar-refractivity contribution in [3.63, 3.8) is 0 Å². The lowest BCUT2D eigenvalue weighted by Gasteiger charge is -2.21. The van der Waals surface area contributed by atoms with E-state index >= 15 is 0 Å². The molecule has 2 aliphatic carbocycles. The summed E-state index contributed by atoms with van der Waals surface area (Å²) in [4.78, 5) is 30.4. The molecule has 2 N–H and O–H groups in total. The van der Waals surface area contributed by atoms with Crippen LogP contribution in [0.5, 0.6) is 5.75 Å². The molecule has 1 amide bonds. The average molecular weight is 558 g/mol. The van der Waals surface area contributed by atoms with Gasteiger partial charge in [-0.3, -0.25) is 9.59 Å². The van der Waals surface area contributed by atoms with E-state index in [-0.39, 0.29) is 46.2 Å². The molecule has 1 saturated carbocycles. The maximum absolute atomic E-state index is 14.0. The highest BCUT2D eigenvalue weighted by atomic mass is 19.4. The Balaban J connectivity index is 1.55. The summed E-state index contributed by atoms with van der Waals surface area (Å²) in [6, 6.07) is 5.00. The lowest BCUT2D eigenvalue weighted by Crippen LogP contribution is -2.30. The molecule has 3 aromatic rings. The first-order valence-electron chi connectivity index (χ1n) is 12.8. The maximum atomic E-state index is 14.0. The molecule has 0 aliphatic heterocycles. The highest BCUT2D eigenvalue weighted by Crippen LogP contribution is 2.34. The average Bonchev–Trinajstić information content (AvgIpc) is 3.61.